The number of benzene rings is 2. The standard InChI is InChI=1S/C17H15N3O4/c1-24-15-4-2-3-12(10-15)17(21)19-8-7-18-11-13-9-14(20(22)23)5-6-16(13)19/h2-6,9-11H,7-8H2,1H3. The highest BCUT2D eigenvalue weighted by Gasteiger charge is 2.23. The van der Waals surface area contributed by atoms with Crippen molar-refractivity contribution in [2.45, 2.75) is 0 Å². The molecule has 0 saturated heterocycles. The Bertz CT molecular complexity index is 832. The molecule has 0 fully saturated rings. The number of nitrogens with zero attached hydrogens (tertiary/aromatic N) is 3. The average molecular weight is 325 g/mol. The van der Waals surface area contributed by atoms with Crippen molar-refractivity contribution in [2.24, 2.45) is 4.99 Å². The van der Waals surface area contributed by atoms with Crippen molar-refractivity contribution in [3.63, 3.8) is 0 Å². The first-order chi connectivity index (χ1) is 11.6. The van der Waals surface area contributed by atoms with Crippen LogP contribution in [-0.4, -0.2) is 37.2 Å². The maximum absolute atomic E-state index is 12.9. The number of hydrogen-bond acceptors (Lipinski definition) is 5. The van der Waals surface area contributed by atoms with Crippen LogP contribution in [0.5, 0.6) is 5.75 Å². The molecule has 1 aliphatic heterocycles. The summed E-state index contributed by atoms with van der Waals surface area (Å²) >= 11 is 0. The van der Waals surface area contributed by atoms with Crippen molar-refractivity contribution in [1.82, 2.24) is 0 Å². The number of non-ortho nitro benzene ring substituents is 1. The number of nitro benzene ring substituents is 1. The van der Waals surface area contributed by atoms with Gasteiger partial charge in [0, 0.05) is 36.0 Å². The molecule has 7 heteroatoms. The molecule has 0 atom stereocenters. The lowest BCUT2D eigenvalue weighted by Crippen LogP contribution is -2.33. The van der Waals surface area contributed by atoms with Gasteiger partial charge in [-0.2, -0.15) is 0 Å². The van der Waals surface area contributed by atoms with Gasteiger partial charge >= 0.3 is 0 Å². The summed E-state index contributed by atoms with van der Waals surface area (Å²) in [4.78, 5) is 29.2. The molecule has 122 valence electrons. The fourth-order valence-electron chi connectivity index (χ4n) is 2.57. The molecule has 0 radical (unpaired) electrons. The Morgan fingerprint density at radius 1 is 1.29 bits per heavy atom. The molecule has 0 aliphatic carbocycles. The number of anilines is 1. The topological polar surface area (TPSA) is 85.0 Å². The Morgan fingerprint density at radius 2 is 2.12 bits per heavy atom. The monoisotopic (exact) mass is 325 g/mol. The summed E-state index contributed by atoms with van der Waals surface area (Å²) in [7, 11) is 1.54. The molecule has 0 saturated carbocycles. The van der Waals surface area contributed by atoms with E-state index in [0.29, 0.717) is 35.7 Å². The van der Waals surface area contributed by atoms with E-state index in [1.54, 1.807) is 41.4 Å². The minimum atomic E-state index is -0.465. The third kappa shape index (κ3) is 2.96. The molecule has 1 aliphatic rings. The first-order valence-electron chi connectivity index (χ1n) is 7.34. The van der Waals surface area contributed by atoms with E-state index in [-0.39, 0.29) is 11.6 Å². The molecule has 7 nitrogen and oxygen atoms in total. The third-order valence-corrected chi connectivity index (χ3v) is 3.76. The fraction of sp³-hybridized carbons (Fsp3) is 0.176. The van der Waals surface area contributed by atoms with Crippen molar-refractivity contribution < 1.29 is 14.5 Å². The van der Waals surface area contributed by atoms with Crippen molar-refractivity contribution in [3.8, 4) is 5.75 Å². The number of fused-ring (bicyclic) bond motifs is 1. The molecule has 0 aromatic heterocycles. The second-order valence-corrected chi connectivity index (χ2v) is 5.22. The van der Waals surface area contributed by atoms with E-state index in [4.69, 9.17) is 4.74 Å². The SMILES string of the molecule is COc1cccc(C(=O)N2CCN=Cc3cc([N+](=O)[O-])ccc32)c1. The van der Waals surface area contributed by atoms with Crippen molar-refractivity contribution in [1.29, 1.82) is 0 Å². The summed E-state index contributed by atoms with van der Waals surface area (Å²) in [6, 6.07) is 11.3. The van der Waals surface area contributed by atoms with Gasteiger partial charge in [0.15, 0.2) is 0 Å². The minimum Gasteiger partial charge on any atom is -0.497 e. The van der Waals surface area contributed by atoms with E-state index in [0.717, 1.165) is 0 Å². The van der Waals surface area contributed by atoms with Crippen LogP contribution in [0.4, 0.5) is 11.4 Å². The van der Waals surface area contributed by atoms with Gasteiger partial charge in [0.25, 0.3) is 11.6 Å². The van der Waals surface area contributed by atoms with Gasteiger partial charge in [0.05, 0.1) is 24.3 Å². The maximum atomic E-state index is 12.9. The highest BCUT2D eigenvalue weighted by molar-refractivity contribution is 6.09. The van der Waals surface area contributed by atoms with Gasteiger partial charge in [-0.25, -0.2) is 0 Å². The van der Waals surface area contributed by atoms with E-state index in [1.165, 1.54) is 19.2 Å². The Hall–Kier alpha value is -3.22. The molecular formula is C17H15N3O4. The lowest BCUT2D eigenvalue weighted by Gasteiger charge is -2.22. The van der Waals surface area contributed by atoms with Gasteiger partial charge in [-0.1, -0.05) is 6.07 Å². The summed E-state index contributed by atoms with van der Waals surface area (Å²) in [5, 5.41) is 10.9. The van der Waals surface area contributed by atoms with Gasteiger partial charge in [-0.3, -0.25) is 19.9 Å². The number of ether oxygens (including phenoxy) is 1. The number of rotatable bonds is 3. The van der Waals surface area contributed by atoms with Crippen molar-refractivity contribution >= 4 is 23.5 Å². The van der Waals surface area contributed by atoms with Crippen LogP contribution in [0.1, 0.15) is 15.9 Å². The molecule has 2 aromatic carbocycles. The molecule has 1 amide bonds. The van der Waals surface area contributed by atoms with Crippen molar-refractivity contribution in [3.05, 3.63) is 63.7 Å². The van der Waals surface area contributed by atoms with Gasteiger partial charge < -0.3 is 9.64 Å². The van der Waals surface area contributed by atoms with Crippen LogP contribution in [0, 0.1) is 10.1 Å². The number of carbonyl (C=O) groups is 1. The molecular weight excluding hydrogens is 310 g/mol. The number of amides is 1. The lowest BCUT2D eigenvalue weighted by atomic mass is 10.1. The van der Waals surface area contributed by atoms with Gasteiger partial charge in [-0.15, -0.1) is 0 Å². The number of hydrogen-bond donors (Lipinski definition) is 0. The number of nitro groups is 1. The van der Waals surface area contributed by atoms with Crippen LogP contribution in [0.15, 0.2) is 47.5 Å². The zero-order chi connectivity index (χ0) is 17.1. The Morgan fingerprint density at radius 3 is 2.88 bits per heavy atom. The quantitative estimate of drug-likeness (QED) is 0.641. The predicted molar refractivity (Wildman–Crippen MR) is 90.2 cm³/mol. The largest absolute Gasteiger partial charge is 0.497 e. The molecule has 1 heterocycles. The van der Waals surface area contributed by atoms with Crippen molar-refractivity contribution in [2.75, 3.05) is 25.1 Å². The normalized spacial score (nSPS) is 13.1. The zero-order valence-corrected chi connectivity index (χ0v) is 13.0. The molecule has 3 rings (SSSR count). The maximum Gasteiger partial charge on any atom is 0.270 e. The molecule has 24 heavy (non-hydrogen) atoms. The number of aliphatic imine (C=N–C) groups is 1. The highest BCUT2D eigenvalue weighted by atomic mass is 16.6. The Labute approximate surface area is 138 Å². The van der Waals surface area contributed by atoms with Crippen LogP contribution < -0.4 is 9.64 Å². The van der Waals surface area contributed by atoms with E-state index >= 15 is 0 Å². The first kappa shape index (κ1) is 15.7. The van der Waals surface area contributed by atoms with Crippen LogP contribution in [-0.2, 0) is 0 Å². The fourth-order valence-corrected chi connectivity index (χ4v) is 2.57. The second kappa shape index (κ2) is 6.49. The van der Waals surface area contributed by atoms with Gasteiger partial charge in [0.2, 0.25) is 0 Å². The van der Waals surface area contributed by atoms with E-state index in [1.807, 2.05) is 0 Å². The summed E-state index contributed by atoms with van der Waals surface area (Å²) in [6.07, 6.45) is 1.57. The van der Waals surface area contributed by atoms with E-state index < -0.39 is 4.92 Å². The highest BCUT2D eigenvalue weighted by Crippen LogP contribution is 2.27. The van der Waals surface area contributed by atoms with Crippen LogP contribution in [0.3, 0.4) is 0 Å². The summed E-state index contributed by atoms with van der Waals surface area (Å²) in [5.74, 6) is 0.394. The second-order valence-electron chi connectivity index (χ2n) is 5.22. The molecule has 2 aromatic rings. The lowest BCUT2D eigenvalue weighted by molar-refractivity contribution is -0.384. The van der Waals surface area contributed by atoms with Crippen LogP contribution in [0.25, 0.3) is 0 Å². The van der Waals surface area contributed by atoms with E-state index in [9.17, 15) is 14.9 Å². The minimum absolute atomic E-state index is 0.0316. The summed E-state index contributed by atoms with van der Waals surface area (Å²) in [6.45, 7) is 0.829. The summed E-state index contributed by atoms with van der Waals surface area (Å²) < 4.78 is 5.16. The van der Waals surface area contributed by atoms with E-state index in [2.05, 4.69) is 4.99 Å². The summed E-state index contributed by atoms with van der Waals surface area (Å²) in [5.41, 5.74) is 1.61. The van der Waals surface area contributed by atoms with Crippen LogP contribution in [0.2, 0.25) is 0 Å². The molecule has 0 bridgehead atoms. The molecule has 0 spiro atoms. The molecule has 0 unspecified atom stereocenters. The van der Waals surface area contributed by atoms with Gasteiger partial charge in [-0.05, 0) is 24.3 Å². The average Bonchev–Trinajstić information content (AvgIpc) is 2.82. The Balaban J connectivity index is 2.00. The third-order valence-electron chi connectivity index (χ3n) is 3.76. The number of methoxy groups -OCH3 is 1. The molecule has 0 N–H and O–H groups in total. The van der Waals surface area contributed by atoms with Gasteiger partial charge in [0.1, 0.15) is 5.75 Å². The number of carbonyl (C=O) groups excluding carboxylic acids is 1. The zero-order valence-electron chi connectivity index (χ0n) is 13.0. The smallest absolute Gasteiger partial charge is 0.270 e. The van der Waals surface area contributed by atoms with Crippen LogP contribution >= 0.6 is 0 Å². The Kier molecular flexibility index (Phi) is 4.24. The predicted octanol–water partition coefficient (Wildman–Crippen LogP) is 2.68. The first-order valence-corrected chi connectivity index (χ1v) is 7.34. The number of benzodiazepines with no additional fused rings is 1.